The fourth-order valence-electron chi connectivity index (χ4n) is 4.03. The van der Waals surface area contributed by atoms with Crippen LogP contribution in [0.2, 0.25) is 5.02 Å². The van der Waals surface area contributed by atoms with Crippen LogP contribution >= 0.6 is 22.9 Å². The summed E-state index contributed by atoms with van der Waals surface area (Å²) in [6, 6.07) is 7.37. The number of amides is 1. The lowest BCUT2D eigenvalue weighted by molar-refractivity contribution is -0.146. The van der Waals surface area contributed by atoms with Crippen molar-refractivity contribution in [2.45, 2.75) is 13.3 Å². The summed E-state index contributed by atoms with van der Waals surface area (Å²) >= 11 is 7.32. The molecule has 2 N–H and O–H groups in total. The van der Waals surface area contributed by atoms with Gasteiger partial charge in [-0.1, -0.05) is 35.9 Å². The first-order chi connectivity index (χ1) is 12.4. The normalized spacial score (nSPS) is 26.2. The Balaban J connectivity index is 1.55. The minimum atomic E-state index is -0.904. The highest BCUT2D eigenvalue weighted by molar-refractivity contribution is 7.16. The Morgan fingerprint density at radius 2 is 1.85 bits per heavy atom. The van der Waals surface area contributed by atoms with Gasteiger partial charge in [0.2, 0.25) is 5.91 Å². The number of aliphatic carboxylic acids is 1. The van der Waals surface area contributed by atoms with Crippen molar-refractivity contribution in [2.75, 3.05) is 5.32 Å². The van der Waals surface area contributed by atoms with Gasteiger partial charge in [-0.05, 0) is 37.3 Å². The van der Waals surface area contributed by atoms with Gasteiger partial charge in [-0.3, -0.25) is 9.59 Å². The maximum atomic E-state index is 12.8. The van der Waals surface area contributed by atoms with Crippen molar-refractivity contribution in [1.82, 2.24) is 4.98 Å². The second-order valence-corrected chi connectivity index (χ2v) is 8.40. The first-order valence-corrected chi connectivity index (χ1v) is 9.59. The van der Waals surface area contributed by atoms with Gasteiger partial charge in [0.1, 0.15) is 0 Å². The Morgan fingerprint density at radius 1 is 1.19 bits per heavy atom. The van der Waals surface area contributed by atoms with Gasteiger partial charge >= 0.3 is 5.97 Å². The van der Waals surface area contributed by atoms with Gasteiger partial charge < -0.3 is 10.4 Å². The predicted molar refractivity (Wildman–Crippen MR) is 101 cm³/mol. The molecule has 1 fully saturated rings. The van der Waals surface area contributed by atoms with Gasteiger partial charge in [-0.2, -0.15) is 0 Å². The van der Waals surface area contributed by atoms with Crippen molar-refractivity contribution in [3.63, 3.8) is 0 Å². The fourth-order valence-corrected chi connectivity index (χ4v) is 5.00. The van der Waals surface area contributed by atoms with E-state index in [0.29, 0.717) is 10.2 Å². The molecule has 4 rings (SSSR count). The number of hydrogen-bond donors (Lipinski definition) is 2. The van der Waals surface area contributed by atoms with E-state index in [-0.39, 0.29) is 17.7 Å². The number of aryl methyl sites for hydroxylation is 1. The molecule has 2 aliphatic carbocycles. The number of carbonyl (C=O) groups excluding carboxylic acids is 1. The Morgan fingerprint density at radius 3 is 2.50 bits per heavy atom. The molecular formula is C19H17ClN2O3S. The summed E-state index contributed by atoms with van der Waals surface area (Å²) in [4.78, 5) is 29.9. The van der Waals surface area contributed by atoms with Gasteiger partial charge in [-0.15, -0.1) is 11.3 Å². The number of halogens is 1. The van der Waals surface area contributed by atoms with E-state index in [1.807, 2.05) is 31.2 Å². The molecular weight excluding hydrogens is 372 g/mol. The predicted octanol–water partition coefficient (Wildman–Crippen LogP) is 4.23. The molecule has 0 unspecified atom stereocenters. The van der Waals surface area contributed by atoms with E-state index in [9.17, 15) is 14.7 Å². The van der Waals surface area contributed by atoms with Crippen molar-refractivity contribution < 1.29 is 14.7 Å². The lowest BCUT2D eigenvalue weighted by Gasteiger charge is -2.23. The summed E-state index contributed by atoms with van der Waals surface area (Å²) in [5.41, 5.74) is 1.72. The van der Waals surface area contributed by atoms with Crippen LogP contribution in [0.1, 0.15) is 11.3 Å². The van der Waals surface area contributed by atoms with Crippen LogP contribution in [0.3, 0.4) is 0 Å². The highest BCUT2D eigenvalue weighted by atomic mass is 35.5. The minimum absolute atomic E-state index is 0.00195. The molecule has 0 radical (unpaired) electrons. The fraction of sp³-hybridized carbons (Fsp3) is 0.316. The molecule has 1 amide bonds. The molecule has 26 heavy (non-hydrogen) atoms. The molecule has 0 saturated heterocycles. The minimum Gasteiger partial charge on any atom is -0.481 e. The number of carbonyl (C=O) groups is 2. The van der Waals surface area contributed by atoms with Crippen LogP contribution in [0.15, 0.2) is 36.4 Å². The van der Waals surface area contributed by atoms with Crippen LogP contribution in [-0.4, -0.2) is 22.0 Å². The van der Waals surface area contributed by atoms with E-state index in [1.165, 1.54) is 11.3 Å². The van der Waals surface area contributed by atoms with E-state index in [2.05, 4.69) is 10.3 Å². The lowest BCUT2D eigenvalue weighted by atomic mass is 9.82. The number of carboxylic acid groups (broad SMARTS) is 1. The second kappa shape index (κ2) is 6.52. The Labute approximate surface area is 159 Å². The van der Waals surface area contributed by atoms with Gasteiger partial charge in [-0.25, -0.2) is 4.98 Å². The Bertz CT molecular complexity index is 906. The number of allylic oxidation sites excluding steroid dienone is 2. The number of anilines is 1. The first-order valence-electron chi connectivity index (χ1n) is 8.39. The molecule has 4 atom stereocenters. The Kier molecular flexibility index (Phi) is 4.32. The van der Waals surface area contributed by atoms with Crippen LogP contribution in [0.25, 0.3) is 11.3 Å². The smallest absolute Gasteiger partial charge is 0.307 e. The number of thiazole rings is 1. The maximum absolute atomic E-state index is 12.8. The molecule has 1 saturated carbocycles. The summed E-state index contributed by atoms with van der Waals surface area (Å²) < 4.78 is 0. The topological polar surface area (TPSA) is 79.3 Å². The van der Waals surface area contributed by atoms with Crippen LogP contribution in [0, 0.1) is 30.6 Å². The zero-order valence-corrected chi connectivity index (χ0v) is 15.6. The van der Waals surface area contributed by atoms with E-state index in [4.69, 9.17) is 11.6 Å². The van der Waals surface area contributed by atoms with Gasteiger partial charge in [0, 0.05) is 15.5 Å². The third kappa shape index (κ3) is 2.93. The van der Waals surface area contributed by atoms with E-state index in [1.54, 1.807) is 12.1 Å². The number of carboxylic acids is 1. The Hall–Kier alpha value is -2.18. The van der Waals surface area contributed by atoms with E-state index >= 15 is 0 Å². The number of benzene rings is 1. The number of rotatable bonds is 4. The average Bonchev–Trinajstić information content (AvgIpc) is 3.29. The third-order valence-corrected chi connectivity index (χ3v) is 6.33. The van der Waals surface area contributed by atoms with Gasteiger partial charge in [0.15, 0.2) is 5.13 Å². The summed E-state index contributed by atoms with van der Waals surface area (Å²) in [6.07, 6.45) is 4.64. The third-order valence-electron chi connectivity index (χ3n) is 5.19. The molecule has 2 bridgehead atoms. The molecule has 5 nitrogen and oxygen atoms in total. The zero-order chi connectivity index (χ0) is 18.4. The summed E-state index contributed by atoms with van der Waals surface area (Å²) in [7, 11) is 0. The summed E-state index contributed by atoms with van der Waals surface area (Å²) in [5, 5.41) is 13.5. The van der Waals surface area contributed by atoms with Crippen LogP contribution < -0.4 is 5.32 Å². The largest absolute Gasteiger partial charge is 0.481 e. The summed E-state index contributed by atoms with van der Waals surface area (Å²) in [5.74, 6) is -2.40. The molecule has 134 valence electrons. The van der Waals surface area contributed by atoms with Gasteiger partial charge in [0.25, 0.3) is 0 Å². The second-order valence-electron chi connectivity index (χ2n) is 6.76. The van der Waals surface area contributed by atoms with Crippen LogP contribution in [0.5, 0.6) is 0 Å². The van der Waals surface area contributed by atoms with Crippen molar-refractivity contribution in [1.29, 1.82) is 0 Å². The molecule has 0 spiro atoms. The number of hydrogen-bond acceptors (Lipinski definition) is 4. The number of aromatic nitrogens is 1. The molecule has 1 aromatic carbocycles. The first kappa shape index (κ1) is 17.2. The number of nitrogens with zero attached hydrogens (tertiary/aromatic N) is 1. The van der Waals surface area contributed by atoms with E-state index < -0.39 is 17.8 Å². The standard InChI is InChI=1S/C19H17ClN2O3S/c1-9-16(10-4-6-13(20)7-5-10)21-19(26-9)22-17(23)14-11-2-3-12(8-11)15(14)18(24)25/h2-7,11-12,14-15H,8H2,1H3,(H,24,25)(H,21,22,23)/t11-,12-,14-,15-/m0/s1. The maximum Gasteiger partial charge on any atom is 0.307 e. The molecule has 7 heteroatoms. The van der Waals surface area contributed by atoms with Crippen molar-refractivity contribution in [2.24, 2.45) is 23.7 Å². The van der Waals surface area contributed by atoms with Crippen LogP contribution in [-0.2, 0) is 9.59 Å². The lowest BCUT2D eigenvalue weighted by Crippen LogP contribution is -2.36. The molecule has 0 aliphatic heterocycles. The van der Waals surface area contributed by atoms with Crippen molar-refractivity contribution in [3.8, 4) is 11.3 Å². The van der Waals surface area contributed by atoms with Crippen LogP contribution in [0.4, 0.5) is 5.13 Å². The highest BCUT2D eigenvalue weighted by Gasteiger charge is 2.51. The molecule has 1 aromatic heterocycles. The number of nitrogens with one attached hydrogen (secondary N) is 1. The van der Waals surface area contributed by atoms with Crippen molar-refractivity contribution >= 4 is 39.9 Å². The zero-order valence-electron chi connectivity index (χ0n) is 14.0. The van der Waals surface area contributed by atoms with Gasteiger partial charge in [0.05, 0.1) is 17.5 Å². The quantitative estimate of drug-likeness (QED) is 0.768. The molecule has 1 heterocycles. The monoisotopic (exact) mass is 388 g/mol. The molecule has 2 aliphatic rings. The van der Waals surface area contributed by atoms with E-state index in [0.717, 1.165) is 22.6 Å². The summed E-state index contributed by atoms with van der Waals surface area (Å²) in [6.45, 7) is 1.94. The average molecular weight is 389 g/mol. The highest BCUT2D eigenvalue weighted by Crippen LogP contribution is 2.48. The SMILES string of the molecule is Cc1sc(NC(=O)[C@@H]2[C@@H](C(=O)O)[C@H]3C=C[C@H]2C3)nc1-c1ccc(Cl)cc1. The molecule has 2 aromatic rings. The van der Waals surface area contributed by atoms with Crippen molar-refractivity contribution in [3.05, 3.63) is 46.3 Å². The number of fused-ring (bicyclic) bond motifs is 2.